The van der Waals surface area contributed by atoms with Gasteiger partial charge in [-0.05, 0) is 26.9 Å². The normalized spacial score (nSPS) is 14.4. The highest BCUT2D eigenvalue weighted by molar-refractivity contribution is 5.76. The molecule has 0 aliphatic carbocycles. The van der Waals surface area contributed by atoms with Crippen LogP contribution in [0.25, 0.3) is 0 Å². The maximum absolute atomic E-state index is 11.6. The highest BCUT2D eigenvalue weighted by atomic mass is 16.4. The summed E-state index contributed by atoms with van der Waals surface area (Å²) in [7, 11) is 3.85. The van der Waals surface area contributed by atoms with Crippen LogP contribution in [0.2, 0.25) is 0 Å². The molecular weight excluding hydrogens is 234 g/mol. The van der Waals surface area contributed by atoms with Gasteiger partial charge in [-0.25, -0.2) is 4.79 Å². The predicted molar refractivity (Wildman–Crippen MR) is 70.5 cm³/mol. The van der Waals surface area contributed by atoms with Gasteiger partial charge in [0.25, 0.3) is 0 Å². The standard InChI is InChI=1S/C12H25N3O3/c1-8(2)10(11(16)17)6-13-12(18)14-9(3)7-15(4)5/h8-10H,6-7H2,1-5H3,(H,16,17)(H2,13,14,18). The van der Waals surface area contributed by atoms with Gasteiger partial charge in [-0.3, -0.25) is 4.79 Å². The van der Waals surface area contributed by atoms with Gasteiger partial charge < -0.3 is 20.6 Å². The van der Waals surface area contributed by atoms with Gasteiger partial charge in [0.15, 0.2) is 0 Å². The van der Waals surface area contributed by atoms with E-state index in [4.69, 9.17) is 5.11 Å². The van der Waals surface area contributed by atoms with Crippen LogP contribution in [0, 0.1) is 11.8 Å². The second-order valence-electron chi connectivity index (χ2n) is 5.21. The molecule has 6 nitrogen and oxygen atoms in total. The average Bonchev–Trinajstić information content (AvgIpc) is 2.14. The van der Waals surface area contributed by atoms with Crippen LogP contribution in [0.3, 0.4) is 0 Å². The lowest BCUT2D eigenvalue weighted by Crippen LogP contribution is -2.47. The van der Waals surface area contributed by atoms with E-state index in [1.807, 2.05) is 39.8 Å². The van der Waals surface area contributed by atoms with Crippen LogP contribution in [-0.4, -0.2) is 55.2 Å². The van der Waals surface area contributed by atoms with Crippen molar-refractivity contribution >= 4 is 12.0 Å². The topological polar surface area (TPSA) is 81.7 Å². The maximum atomic E-state index is 11.6. The molecule has 0 spiro atoms. The van der Waals surface area contributed by atoms with Gasteiger partial charge in [-0.15, -0.1) is 0 Å². The lowest BCUT2D eigenvalue weighted by atomic mass is 9.96. The van der Waals surface area contributed by atoms with Crippen LogP contribution >= 0.6 is 0 Å². The van der Waals surface area contributed by atoms with Crippen molar-refractivity contribution in [1.82, 2.24) is 15.5 Å². The molecule has 2 unspecified atom stereocenters. The minimum atomic E-state index is -0.883. The molecular formula is C12H25N3O3. The highest BCUT2D eigenvalue weighted by Gasteiger charge is 2.22. The van der Waals surface area contributed by atoms with Crippen LogP contribution in [-0.2, 0) is 4.79 Å². The SMILES string of the molecule is CC(CN(C)C)NC(=O)NCC(C(=O)O)C(C)C. The fourth-order valence-electron chi connectivity index (χ4n) is 1.68. The number of likely N-dealkylation sites (N-methyl/N-ethyl adjacent to an activating group) is 1. The Morgan fingerprint density at radius 3 is 2.17 bits per heavy atom. The Kier molecular flexibility index (Phi) is 7.35. The molecule has 3 N–H and O–H groups in total. The summed E-state index contributed by atoms with van der Waals surface area (Å²) in [5, 5.41) is 14.3. The fraction of sp³-hybridized carbons (Fsp3) is 0.833. The lowest BCUT2D eigenvalue weighted by molar-refractivity contribution is -0.142. The second kappa shape index (κ2) is 7.92. The Balaban J connectivity index is 4.05. The Morgan fingerprint density at radius 1 is 1.22 bits per heavy atom. The van der Waals surface area contributed by atoms with Crippen molar-refractivity contribution in [3.05, 3.63) is 0 Å². The number of carbonyl (C=O) groups is 2. The van der Waals surface area contributed by atoms with E-state index < -0.39 is 11.9 Å². The summed E-state index contributed by atoms with van der Waals surface area (Å²) in [5.74, 6) is -1.45. The number of hydrogen-bond donors (Lipinski definition) is 3. The molecule has 0 radical (unpaired) electrons. The van der Waals surface area contributed by atoms with Crippen molar-refractivity contribution in [3.8, 4) is 0 Å². The molecule has 6 heteroatoms. The number of amides is 2. The number of carbonyl (C=O) groups excluding carboxylic acids is 1. The van der Waals surface area contributed by atoms with Crippen molar-refractivity contribution in [2.45, 2.75) is 26.8 Å². The highest BCUT2D eigenvalue weighted by Crippen LogP contribution is 2.09. The van der Waals surface area contributed by atoms with Gasteiger partial charge >= 0.3 is 12.0 Å². The summed E-state index contributed by atoms with van der Waals surface area (Å²) >= 11 is 0. The first-order chi connectivity index (χ1) is 8.23. The van der Waals surface area contributed by atoms with Crippen molar-refractivity contribution in [3.63, 3.8) is 0 Å². The van der Waals surface area contributed by atoms with E-state index in [0.29, 0.717) is 0 Å². The van der Waals surface area contributed by atoms with Gasteiger partial charge in [0, 0.05) is 19.1 Å². The molecule has 0 aromatic carbocycles. The van der Waals surface area contributed by atoms with E-state index in [0.717, 1.165) is 6.54 Å². The van der Waals surface area contributed by atoms with Crippen molar-refractivity contribution in [2.24, 2.45) is 11.8 Å². The monoisotopic (exact) mass is 259 g/mol. The van der Waals surface area contributed by atoms with Gasteiger partial charge in [0.1, 0.15) is 0 Å². The molecule has 0 saturated heterocycles. The number of rotatable bonds is 7. The third-order valence-electron chi connectivity index (χ3n) is 2.62. The summed E-state index contributed by atoms with van der Waals surface area (Å²) < 4.78 is 0. The molecule has 0 rings (SSSR count). The number of carboxylic acid groups (broad SMARTS) is 1. The number of aliphatic carboxylic acids is 1. The Labute approximate surface area is 109 Å². The molecule has 0 aromatic heterocycles. The summed E-state index contributed by atoms with van der Waals surface area (Å²) in [6.45, 7) is 6.43. The quantitative estimate of drug-likeness (QED) is 0.625. The minimum Gasteiger partial charge on any atom is -0.481 e. The molecule has 0 aliphatic heterocycles. The zero-order valence-electron chi connectivity index (χ0n) is 11.9. The van der Waals surface area contributed by atoms with Crippen LogP contribution in [0.5, 0.6) is 0 Å². The van der Waals surface area contributed by atoms with Crippen LogP contribution in [0.4, 0.5) is 4.79 Å². The van der Waals surface area contributed by atoms with Crippen LogP contribution < -0.4 is 10.6 Å². The minimum absolute atomic E-state index is 0.0120. The molecule has 0 saturated carbocycles. The van der Waals surface area contributed by atoms with Crippen molar-refractivity contribution < 1.29 is 14.7 Å². The predicted octanol–water partition coefficient (Wildman–Crippen LogP) is 0.593. The average molecular weight is 259 g/mol. The van der Waals surface area contributed by atoms with Crippen LogP contribution in [0.15, 0.2) is 0 Å². The van der Waals surface area contributed by atoms with E-state index in [1.165, 1.54) is 0 Å². The third kappa shape index (κ3) is 7.11. The molecule has 18 heavy (non-hydrogen) atoms. The molecule has 2 atom stereocenters. The molecule has 2 amide bonds. The summed E-state index contributed by atoms with van der Waals surface area (Å²) in [4.78, 5) is 24.5. The van der Waals surface area contributed by atoms with Gasteiger partial charge in [-0.2, -0.15) is 0 Å². The first-order valence-electron chi connectivity index (χ1n) is 6.16. The lowest BCUT2D eigenvalue weighted by Gasteiger charge is -2.20. The van der Waals surface area contributed by atoms with E-state index >= 15 is 0 Å². The summed E-state index contributed by atoms with van der Waals surface area (Å²) in [6.07, 6.45) is 0. The van der Waals surface area contributed by atoms with E-state index in [1.54, 1.807) is 0 Å². The number of carboxylic acids is 1. The van der Waals surface area contributed by atoms with Crippen molar-refractivity contribution in [2.75, 3.05) is 27.2 Å². The second-order valence-corrected chi connectivity index (χ2v) is 5.21. The molecule has 106 valence electrons. The summed E-state index contributed by atoms with van der Waals surface area (Å²) in [6, 6.07) is -0.307. The Morgan fingerprint density at radius 2 is 1.78 bits per heavy atom. The largest absolute Gasteiger partial charge is 0.481 e. The first kappa shape index (κ1) is 16.7. The maximum Gasteiger partial charge on any atom is 0.315 e. The fourth-order valence-corrected chi connectivity index (χ4v) is 1.68. The van der Waals surface area contributed by atoms with E-state index in [2.05, 4.69) is 10.6 Å². The molecule has 0 bridgehead atoms. The van der Waals surface area contributed by atoms with Crippen molar-refractivity contribution in [1.29, 1.82) is 0 Å². The number of nitrogens with one attached hydrogen (secondary N) is 2. The van der Waals surface area contributed by atoms with Gasteiger partial charge in [0.05, 0.1) is 5.92 Å². The number of urea groups is 1. The van der Waals surface area contributed by atoms with E-state index in [-0.39, 0.29) is 24.5 Å². The van der Waals surface area contributed by atoms with E-state index in [9.17, 15) is 9.59 Å². The molecule has 0 aromatic rings. The van der Waals surface area contributed by atoms with Crippen LogP contribution in [0.1, 0.15) is 20.8 Å². The smallest absolute Gasteiger partial charge is 0.315 e. The van der Waals surface area contributed by atoms with Gasteiger partial charge in [0.2, 0.25) is 0 Å². The number of nitrogens with zero attached hydrogens (tertiary/aromatic N) is 1. The Hall–Kier alpha value is -1.30. The zero-order valence-corrected chi connectivity index (χ0v) is 11.9. The molecule has 0 aliphatic rings. The first-order valence-corrected chi connectivity index (χ1v) is 6.16. The third-order valence-corrected chi connectivity index (χ3v) is 2.62. The Bertz CT molecular complexity index is 280. The summed E-state index contributed by atoms with van der Waals surface area (Å²) in [5.41, 5.74) is 0. The number of hydrogen-bond acceptors (Lipinski definition) is 3. The zero-order chi connectivity index (χ0) is 14.3. The van der Waals surface area contributed by atoms with Gasteiger partial charge in [-0.1, -0.05) is 13.8 Å². The molecule has 0 heterocycles. The molecule has 0 fully saturated rings.